The number of carboxylic acids is 1. The maximum absolute atomic E-state index is 12.0. The number of carbonyl (C=O) groups excluding carboxylic acids is 1. The van der Waals surface area contributed by atoms with Gasteiger partial charge in [0.15, 0.2) is 0 Å². The third-order valence-electron chi connectivity index (χ3n) is 5.01. The van der Waals surface area contributed by atoms with Gasteiger partial charge >= 0.3 is 11.9 Å². The van der Waals surface area contributed by atoms with Crippen LogP contribution in [0.15, 0.2) is 22.8 Å². The van der Waals surface area contributed by atoms with Crippen LogP contribution in [0, 0.1) is 5.92 Å². The Morgan fingerprint density at radius 2 is 1.93 bits per heavy atom. The van der Waals surface area contributed by atoms with Gasteiger partial charge in [-0.25, -0.2) is 0 Å². The molecule has 1 aliphatic carbocycles. The van der Waals surface area contributed by atoms with Crippen molar-refractivity contribution in [1.82, 2.24) is 0 Å². The van der Waals surface area contributed by atoms with Crippen LogP contribution in [0.5, 0.6) is 0 Å². The second kappa shape index (κ2) is 15.5. The maximum atomic E-state index is 12.0. The highest BCUT2D eigenvalue weighted by atomic mass is 32.2. The third-order valence-corrected chi connectivity index (χ3v) is 6.32. The molecule has 1 rings (SSSR count). The minimum Gasteiger partial charge on any atom is -0.481 e. The molecule has 0 amide bonds. The van der Waals surface area contributed by atoms with Crippen LogP contribution < -0.4 is 0 Å². The topological polar surface area (TPSA) is 104 Å². The zero-order valence-corrected chi connectivity index (χ0v) is 19.2. The van der Waals surface area contributed by atoms with Gasteiger partial charge in [-0.3, -0.25) is 9.59 Å². The maximum Gasteiger partial charge on any atom is 0.310 e. The summed E-state index contributed by atoms with van der Waals surface area (Å²) in [5.74, 6) is 0.0362. The number of carbonyl (C=O) groups is 2. The van der Waals surface area contributed by atoms with Crippen LogP contribution >= 0.6 is 11.8 Å². The first-order valence-corrected chi connectivity index (χ1v) is 12.2. The number of thioether (sulfide) groups is 1. The molecule has 0 radical (unpaired) electrons. The van der Waals surface area contributed by atoms with Crippen molar-refractivity contribution in [2.45, 2.75) is 96.7 Å². The number of ether oxygens (including phenoxy) is 1. The van der Waals surface area contributed by atoms with Crippen LogP contribution in [0.4, 0.5) is 0 Å². The second-order valence-corrected chi connectivity index (χ2v) is 8.96. The summed E-state index contributed by atoms with van der Waals surface area (Å²) in [7, 11) is 0. The molecule has 1 aliphatic rings. The Balaban J connectivity index is 2.72. The Labute approximate surface area is 184 Å². The second-order valence-electron chi connectivity index (χ2n) is 7.82. The zero-order chi connectivity index (χ0) is 22.4. The van der Waals surface area contributed by atoms with Crippen LogP contribution in [0.3, 0.4) is 0 Å². The summed E-state index contributed by atoms with van der Waals surface area (Å²) in [5.41, 5.74) is 0. The van der Waals surface area contributed by atoms with E-state index in [-0.39, 0.29) is 24.4 Å². The van der Waals surface area contributed by atoms with Gasteiger partial charge in [0.25, 0.3) is 0 Å². The van der Waals surface area contributed by atoms with Crippen LogP contribution in [-0.4, -0.2) is 45.2 Å². The molecule has 6 nitrogen and oxygen atoms in total. The standard InChI is InChI=1S/C23H38O6S/c1-3-5-11-17(24)12-9-13-18-19(25)16-20(29-22(28)10-4-2)23(18)30-15-8-6-7-14-21(26)27/h9,13,17-19,24-25H,3-8,10-12,14-16H2,1-2H3,(H,26,27)/t17-,18-,19+/m0/s1. The average Bonchev–Trinajstić information content (AvgIpc) is 2.97. The van der Waals surface area contributed by atoms with E-state index in [1.165, 1.54) is 0 Å². The van der Waals surface area contributed by atoms with Gasteiger partial charge in [-0.05, 0) is 37.9 Å². The van der Waals surface area contributed by atoms with Crippen LogP contribution in [-0.2, 0) is 14.3 Å². The number of aliphatic hydroxyl groups is 2. The summed E-state index contributed by atoms with van der Waals surface area (Å²) < 4.78 is 5.55. The van der Waals surface area contributed by atoms with Crippen molar-refractivity contribution in [2.75, 3.05) is 5.75 Å². The molecule has 0 aromatic heterocycles. The Morgan fingerprint density at radius 1 is 1.17 bits per heavy atom. The zero-order valence-electron chi connectivity index (χ0n) is 18.3. The Kier molecular flexibility index (Phi) is 13.8. The molecular weight excluding hydrogens is 404 g/mol. The monoisotopic (exact) mass is 442 g/mol. The van der Waals surface area contributed by atoms with Crippen molar-refractivity contribution in [2.24, 2.45) is 5.92 Å². The largest absolute Gasteiger partial charge is 0.481 e. The van der Waals surface area contributed by atoms with E-state index in [0.717, 1.165) is 42.8 Å². The van der Waals surface area contributed by atoms with Crippen molar-refractivity contribution in [3.63, 3.8) is 0 Å². The van der Waals surface area contributed by atoms with Crippen molar-refractivity contribution in [1.29, 1.82) is 0 Å². The molecule has 0 spiro atoms. The molecule has 0 aromatic carbocycles. The van der Waals surface area contributed by atoms with Crippen LogP contribution in [0.25, 0.3) is 0 Å². The smallest absolute Gasteiger partial charge is 0.310 e. The molecule has 0 fully saturated rings. The van der Waals surface area contributed by atoms with Gasteiger partial charge in [0.1, 0.15) is 5.76 Å². The first-order valence-electron chi connectivity index (χ1n) is 11.2. The average molecular weight is 443 g/mol. The normalized spacial score (nSPS) is 20.1. The summed E-state index contributed by atoms with van der Waals surface area (Å²) >= 11 is 1.58. The third kappa shape index (κ3) is 10.6. The number of unbranched alkanes of at least 4 members (excludes halogenated alkanes) is 3. The minimum absolute atomic E-state index is 0.178. The van der Waals surface area contributed by atoms with Crippen LogP contribution in [0.1, 0.15) is 84.5 Å². The van der Waals surface area contributed by atoms with Crippen molar-refractivity contribution in [3.8, 4) is 0 Å². The molecule has 172 valence electrons. The molecule has 30 heavy (non-hydrogen) atoms. The van der Waals surface area contributed by atoms with Crippen molar-refractivity contribution in [3.05, 3.63) is 22.8 Å². The van der Waals surface area contributed by atoms with E-state index in [1.54, 1.807) is 11.8 Å². The summed E-state index contributed by atoms with van der Waals surface area (Å²) in [6.07, 6.45) is 10.0. The molecule has 0 bridgehead atoms. The Morgan fingerprint density at radius 3 is 2.60 bits per heavy atom. The van der Waals surface area contributed by atoms with Crippen molar-refractivity contribution >= 4 is 23.7 Å². The molecule has 3 N–H and O–H groups in total. The minimum atomic E-state index is -0.777. The Bertz CT molecular complexity index is 586. The summed E-state index contributed by atoms with van der Waals surface area (Å²) in [4.78, 5) is 23.5. The lowest BCUT2D eigenvalue weighted by atomic mass is 10.0. The van der Waals surface area contributed by atoms with Crippen LogP contribution in [0.2, 0.25) is 0 Å². The number of carboxylic acid groups (broad SMARTS) is 1. The van der Waals surface area contributed by atoms with E-state index in [1.807, 2.05) is 19.1 Å². The fraction of sp³-hybridized carbons (Fsp3) is 0.739. The van der Waals surface area contributed by atoms with Gasteiger partial charge in [0.05, 0.1) is 12.2 Å². The number of hydrogen-bond acceptors (Lipinski definition) is 6. The van der Waals surface area contributed by atoms with Gasteiger partial charge < -0.3 is 20.1 Å². The molecular formula is C23H38O6S. The molecule has 0 saturated carbocycles. The SMILES string of the molecule is CCCC[C@H](O)CC=C[C@@H]1C(SCCCCCC(=O)O)=C(OC(=O)CCC)C[C@H]1O. The molecule has 3 atom stereocenters. The Hall–Kier alpha value is -1.31. The summed E-state index contributed by atoms with van der Waals surface area (Å²) in [6.45, 7) is 4.01. The van der Waals surface area contributed by atoms with E-state index in [2.05, 4.69) is 6.92 Å². The molecule has 0 unspecified atom stereocenters. The van der Waals surface area contributed by atoms with E-state index in [0.29, 0.717) is 37.9 Å². The van der Waals surface area contributed by atoms with Gasteiger partial charge in [-0.1, -0.05) is 45.3 Å². The fourth-order valence-electron chi connectivity index (χ4n) is 3.33. The summed E-state index contributed by atoms with van der Waals surface area (Å²) in [6, 6.07) is 0. The lowest BCUT2D eigenvalue weighted by Crippen LogP contribution is -2.14. The number of aliphatic carboxylic acids is 1. The molecule has 0 heterocycles. The highest BCUT2D eigenvalue weighted by Gasteiger charge is 2.34. The number of esters is 1. The molecule has 0 aromatic rings. The molecule has 0 aliphatic heterocycles. The van der Waals surface area contributed by atoms with E-state index in [4.69, 9.17) is 9.84 Å². The van der Waals surface area contributed by atoms with Crippen molar-refractivity contribution < 1.29 is 29.6 Å². The number of hydrogen-bond donors (Lipinski definition) is 3. The quantitative estimate of drug-likeness (QED) is 0.179. The highest BCUT2D eigenvalue weighted by Crippen LogP contribution is 2.41. The van der Waals surface area contributed by atoms with E-state index < -0.39 is 12.1 Å². The first kappa shape index (κ1) is 26.7. The van der Waals surface area contributed by atoms with Gasteiger partial charge in [0, 0.05) is 30.1 Å². The number of aliphatic hydroxyl groups excluding tert-OH is 2. The van der Waals surface area contributed by atoms with E-state index in [9.17, 15) is 19.8 Å². The fourth-order valence-corrected chi connectivity index (χ4v) is 4.61. The summed E-state index contributed by atoms with van der Waals surface area (Å²) in [5, 5.41) is 29.3. The van der Waals surface area contributed by atoms with Gasteiger partial charge in [-0.2, -0.15) is 0 Å². The highest BCUT2D eigenvalue weighted by molar-refractivity contribution is 8.03. The van der Waals surface area contributed by atoms with Gasteiger partial charge in [0.2, 0.25) is 0 Å². The lowest BCUT2D eigenvalue weighted by molar-refractivity contribution is -0.140. The predicted molar refractivity (Wildman–Crippen MR) is 120 cm³/mol. The molecule has 7 heteroatoms. The molecule has 0 saturated heterocycles. The van der Waals surface area contributed by atoms with E-state index >= 15 is 0 Å². The lowest BCUT2D eigenvalue weighted by Gasteiger charge is -2.15. The first-order chi connectivity index (χ1) is 14.4. The predicted octanol–water partition coefficient (Wildman–Crippen LogP) is 4.80. The van der Waals surface area contributed by atoms with Gasteiger partial charge in [-0.15, -0.1) is 11.8 Å². The number of rotatable bonds is 16.